The lowest BCUT2D eigenvalue weighted by molar-refractivity contribution is 0.401. The molecule has 0 amide bonds. The van der Waals surface area contributed by atoms with Gasteiger partial charge in [-0.15, -0.1) is 0 Å². The Hall–Kier alpha value is -1.36. The van der Waals surface area contributed by atoms with Crippen LogP contribution >= 0.6 is 0 Å². The van der Waals surface area contributed by atoms with Crippen molar-refractivity contribution in [3.8, 4) is 5.75 Å². The molecule has 1 N–H and O–H groups in total. The highest BCUT2D eigenvalue weighted by atomic mass is 16.5. The second-order valence-electron chi connectivity index (χ2n) is 3.93. The summed E-state index contributed by atoms with van der Waals surface area (Å²) in [5, 5.41) is 3.27. The van der Waals surface area contributed by atoms with E-state index in [0.717, 1.165) is 32.0 Å². The first-order chi connectivity index (χ1) is 7.85. The summed E-state index contributed by atoms with van der Waals surface area (Å²) in [6.07, 6.45) is 4.54. The fourth-order valence-electron chi connectivity index (χ4n) is 1.74. The molecule has 0 unspecified atom stereocenters. The van der Waals surface area contributed by atoms with Gasteiger partial charge in [0.15, 0.2) is 5.75 Å². The van der Waals surface area contributed by atoms with Crippen molar-refractivity contribution in [3.05, 3.63) is 12.4 Å². The summed E-state index contributed by atoms with van der Waals surface area (Å²) in [5.74, 6) is 1.50. The zero-order valence-electron chi connectivity index (χ0n) is 9.81. The van der Waals surface area contributed by atoms with Crippen molar-refractivity contribution in [3.63, 3.8) is 0 Å². The minimum Gasteiger partial charge on any atom is -0.494 e. The highest BCUT2D eigenvalue weighted by Gasteiger charge is 2.25. The van der Waals surface area contributed by atoms with Crippen molar-refractivity contribution in [1.82, 2.24) is 15.3 Å². The van der Waals surface area contributed by atoms with E-state index >= 15 is 0 Å². The van der Waals surface area contributed by atoms with E-state index in [4.69, 9.17) is 4.74 Å². The van der Waals surface area contributed by atoms with Gasteiger partial charge in [0.2, 0.25) is 5.95 Å². The second-order valence-corrected chi connectivity index (χ2v) is 3.93. The molecule has 5 nitrogen and oxygen atoms in total. The third-order valence-corrected chi connectivity index (χ3v) is 2.77. The molecule has 1 aromatic heterocycles. The molecular weight excluding hydrogens is 204 g/mol. The third-order valence-electron chi connectivity index (χ3n) is 2.77. The van der Waals surface area contributed by atoms with E-state index in [1.54, 1.807) is 19.5 Å². The van der Waals surface area contributed by atoms with Crippen LogP contribution in [0.1, 0.15) is 13.3 Å². The Labute approximate surface area is 95.8 Å². The largest absolute Gasteiger partial charge is 0.494 e. The molecule has 0 radical (unpaired) electrons. The van der Waals surface area contributed by atoms with Crippen molar-refractivity contribution < 1.29 is 4.74 Å². The summed E-state index contributed by atoms with van der Waals surface area (Å²) < 4.78 is 5.05. The lowest BCUT2D eigenvalue weighted by Crippen LogP contribution is -2.58. The molecule has 0 saturated carbocycles. The van der Waals surface area contributed by atoms with Crippen LogP contribution in [0.5, 0.6) is 5.75 Å². The van der Waals surface area contributed by atoms with Crippen LogP contribution in [0.2, 0.25) is 0 Å². The molecule has 1 aromatic rings. The Bertz CT molecular complexity index is 323. The van der Waals surface area contributed by atoms with Gasteiger partial charge in [-0.3, -0.25) is 0 Å². The van der Waals surface area contributed by atoms with E-state index in [0.29, 0.717) is 11.8 Å². The molecule has 2 rings (SSSR count). The molecule has 88 valence electrons. The number of hydrogen-bond donors (Lipinski definition) is 1. The molecular formula is C11H18N4O. The van der Waals surface area contributed by atoms with Gasteiger partial charge in [-0.25, -0.2) is 9.97 Å². The van der Waals surface area contributed by atoms with Crippen molar-refractivity contribution in [2.24, 2.45) is 0 Å². The van der Waals surface area contributed by atoms with Gasteiger partial charge in [-0.05, 0) is 6.42 Å². The Morgan fingerprint density at radius 3 is 2.56 bits per heavy atom. The zero-order valence-corrected chi connectivity index (χ0v) is 9.81. The Morgan fingerprint density at radius 1 is 1.44 bits per heavy atom. The molecule has 1 saturated heterocycles. The Kier molecular flexibility index (Phi) is 3.56. The van der Waals surface area contributed by atoms with E-state index in [2.05, 4.69) is 27.1 Å². The summed E-state index contributed by atoms with van der Waals surface area (Å²) in [6, 6.07) is 0.536. The SMILES string of the molecule is CCCN(c1ncc(OC)cn1)C1CNC1. The minimum atomic E-state index is 0.536. The molecule has 0 spiro atoms. The predicted molar refractivity (Wildman–Crippen MR) is 62.9 cm³/mol. The van der Waals surface area contributed by atoms with Gasteiger partial charge in [0.25, 0.3) is 0 Å². The summed E-state index contributed by atoms with van der Waals surface area (Å²) in [7, 11) is 1.62. The molecule has 0 bridgehead atoms. The summed E-state index contributed by atoms with van der Waals surface area (Å²) >= 11 is 0. The van der Waals surface area contributed by atoms with E-state index in [-0.39, 0.29) is 0 Å². The molecule has 0 aromatic carbocycles. The van der Waals surface area contributed by atoms with Crippen molar-refractivity contribution >= 4 is 5.95 Å². The fraction of sp³-hybridized carbons (Fsp3) is 0.636. The topological polar surface area (TPSA) is 50.3 Å². The summed E-state index contributed by atoms with van der Waals surface area (Å²) in [5.41, 5.74) is 0. The maximum absolute atomic E-state index is 5.05. The maximum atomic E-state index is 5.05. The van der Waals surface area contributed by atoms with Crippen molar-refractivity contribution in [2.75, 3.05) is 31.6 Å². The van der Waals surface area contributed by atoms with Gasteiger partial charge < -0.3 is 15.0 Å². The van der Waals surface area contributed by atoms with Crippen LogP contribution in [0.4, 0.5) is 5.95 Å². The van der Waals surface area contributed by atoms with Crippen LogP contribution < -0.4 is 15.0 Å². The summed E-state index contributed by atoms with van der Waals surface area (Å²) in [6.45, 7) is 5.21. The van der Waals surface area contributed by atoms with Crippen LogP contribution in [-0.2, 0) is 0 Å². The zero-order chi connectivity index (χ0) is 11.4. The Balaban J connectivity index is 2.10. The minimum absolute atomic E-state index is 0.536. The van der Waals surface area contributed by atoms with Crippen LogP contribution in [0.25, 0.3) is 0 Å². The molecule has 5 heteroatoms. The van der Waals surface area contributed by atoms with Crippen LogP contribution in [0.15, 0.2) is 12.4 Å². The number of nitrogens with one attached hydrogen (secondary N) is 1. The van der Waals surface area contributed by atoms with E-state index in [1.165, 1.54) is 0 Å². The number of rotatable bonds is 5. The van der Waals surface area contributed by atoms with Gasteiger partial charge in [0.1, 0.15) is 0 Å². The molecule has 16 heavy (non-hydrogen) atoms. The normalized spacial score (nSPS) is 15.6. The molecule has 2 heterocycles. The molecule has 1 fully saturated rings. The van der Waals surface area contributed by atoms with Crippen molar-refractivity contribution in [2.45, 2.75) is 19.4 Å². The average Bonchev–Trinajstić information content (AvgIpc) is 2.26. The van der Waals surface area contributed by atoms with Crippen LogP contribution in [-0.4, -0.2) is 42.8 Å². The van der Waals surface area contributed by atoms with Gasteiger partial charge >= 0.3 is 0 Å². The van der Waals surface area contributed by atoms with Crippen LogP contribution in [0.3, 0.4) is 0 Å². The lowest BCUT2D eigenvalue weighted by atomic mass is 10.1. The monoisotopic (exact) mass is 222 g/mol. The maximum Gasteiger partial charge on any atom is 0.225 e. The molecule has 0 atom stereocenters. The van der Waals surface area contributed by atoms with Crippen LogP contribution in [0, 0.1) is 0 Å². The quantitative estimate of drug-likeness (QED) is 0.793. The smallest absolute Gasteiger partial charge is 0.225 e. The highest BCUT2D eigenvalue weighted by Crippen LogP contribution is 2.16. The van der Waals surface area contributed by atoms with E-state index in [1.807, 2.05) is 0 Å². The third kappa shape index (κ3) is 2.24. The number of aromatic nitrogens is 2. The molecule has 0 aliphatic carbocycles. The standard InChI is InChI=1S/C11H18N4O/c1-3-4-15(9-5-12-6-9)11-13-7-10(16-2)8-14-11/h7-9,12H,3-6H2,1-2H3. The average molecular weight is 222 g/mol. The molecule has 1 aliphatic rings. The van der Waals surface area contributed by atoms with E-state index < -0.39 is 0 Å². The van der Waals surface area contributed by atoms with Gasteiger partial charge in [0, 0.05) is 19.6 Å². The number of hydrogen-bond acceptors (Lipinski definition) is 5. The first-order valence-corrected chi connectivity index (χ1v) is 5.68. The predicted octanol–water partition coefficient (Wildman–Crippen LogP) is 0.673. The lowest BCUT2D eigenvalue weighted by Gasteiger charge is -2.38. The van der Waals surface area contributed by atoms with Gasteiger partial charge in [-0.2, -0.15) is 0 Å². The first-order valence-electron chi connectivity index (χ1n) is 5.68. The number of nitrogens with zero attached hydrogens (tertiary/aromatic N) is 3. The number of ether oxygens (including phenoxy) is 1. The van der Waals surface area contributed by atoms with Gasteiger partial charge in [-0.1, -0.05) is 6.92 Å². The first kappa shape index (κ1) is 11.1. The number of anilines is 1. The Morgan fingerprint density at radius 2 is 2.12 bits per heavy atom. The van der Waals surface area contributed by atoms with E-state index in [9.17, 15) is 0 Å². The second kappa shape index (κ2) is 5.12. The molecule has 1 aliphatic heterocycles. The number of methoxy groups -OCH3 is 1. The van der Waals surface area contributed by atoms with Crippen molar-refractivity contribution in [1.29, 1.82) is 0 Å². The fourth-order valence-corrected chi connectivity index (χ4v) is 1.74. The van der Waals surface area contributed by atoms with Gasteiger partial charge in [0.05, 0.1) is 25.5 Å². The summed E-state index contributed by atoms with van der Waals surface area (Å²) in [4.78, 5) is 10.9. The highest BCUT2D eigenvalue weighted by molar-refractivity contribution is 5.34.